The number of likely N-dealkylation sites (tertiary alicyclic amines) is 1. The second-order valence-electron chi connectivity index (χ2n) is 8.19. The third kappa shape index (κ3) is 3.72. The van der Waals surface area contributed by atoms with Crippen LogP contribution in [0.1, 0.15) is 41.0 Å². The number of benzene rings is 1. The maximum atomic E-state index is 12.9. The molecule has 0 radical (unpaired) electrons. The maximum absolute atomic E-state index is 12.9. The van der Waals surface area contributed by atoms with Gasteiger partial charge in [-0.1, -0.05) is 0 Å². The number of Topliss-reactive ketones (excluding diaryl/α,β-unsaturated/α-hetero) is 1. The Bertz CT molecular complexity index is 1040. The molecule has 3 heterocycles. The molecule has 0 N–H and O–H groups in total. The Kier molecular flexibility index (Phi) is 5.13. The van der Waals surface area contributed by atoms with E-state index < -0.39 is 5.60 Å². The predicted molar refractivity (Wildman–Crippen MR) is 111 cm³/mol. The number of aromatic nitrogens is 1. The van der Waals surface area contributed by atoms with E-state index in [0.717, 1.165) is 11.4 Å². The van der Waals surface area contributed by atoms with Gasteiger partial charge in [-0.15, -0.1) is 0 Å². The monoisotopic (exact) mass is 410 g/mol. The van der Waals surface area contributed by atoms with Gasteiger partial charge < -0.3 is 18.9 Å². The molecule has 0 bridgehead atoms. The van der Waals surface area contributed by atoms with Crippen LogP contribution in [0.5, 0.6) is 11.5 Å². The van der Waals surface area contributed by atoms with Crippen LogP contribution in [0.25, 0.3) is 0 Å². The lowest BCUT2D eigenvalue weighted by Gasteiger charge is -2.44. The van der Waals surface area contributed by atoms with Gasteiger partial charge in [-0.3, -0.25) is 14.4 Å². The first-order chi connectivity index (χ1) is 14.3. The molecule has 2 aliphatic heterocycles. The number of aryl methyl sites for hydroxylation is 2. The van der Waals surface area contributed by atoms with Gasteiger partial charge in [0.1, 0.15) is 23.6 Å². The summed E-state index contributed by atoms with van der Waals surface area (Å²) in [5.74, 6) is 1.28. The Morgan fingerprint density at radius 3 is 2.40 bits per heavy atom. The van der Waals surface area contributed by atoms with Gasteiger partial charge in [-0.25, -0.2) is 0 Å². The van der Waals surface area contributed by atoms with Crippen molar-refractivity contribution in [3.05, 3.63) is 57.5 Å². The summed E-state index contributed by atoms with van der Waals surface area (Å²) in [4.78, 5) is 39.0. The first kappa shape index (κ1) is 20.2. The Morgan fingerprint density at radius 1 is 1.10 bits per heavy atom. The van der Waals surface area contributed by atoms with Gasteiger partial charge in [0.05, 0.1) is 19.1 Å². The van der Waals surface area contributed by atoms with Gasteiger partial charge in [-0.05, 0) is 32.0 Å². The van der Waals surface area contributed by atoms with Gasteiger partial charge >= 0.3 is 0 Å². The lowest BCUT2D eigenvalue weighted by molar-refractivity contribution is -0.135. The number of hydrogen-bond acceptors (Lipinski definition) is 5. The van der Waals surface area contributed by atoms with Crippen LogP contribution in [-0.4, -0.2) is 47.0 Å². The van der Waals surface area contributed by atoms with Crippen molar-refractivity contribution in [1.82, 2.24) is 9.47 Å². The molecule has 7 heteroatoms. The second kappa shape index (κ2) is 7.63. The number of piperidine rings is 1. The van der Waals surface area contributed by atoms with Crippen molar-refractivity contribution in [3.8, 4) is 11.5 Å². The van der Waals surface area contributed by atoms with Crippen LogP contribution in [0.3, 0.4) is 0 Å². The largest absolute Gasteiger partial charge is 0.497 e. The molecule has 4 rings (SSSR count). The molecular weight excluding hydrogens is 384 g/mol. The molecule has 1 amide bonds. The highest BCUT2D eigenvalue weighted by molar-refractivity contribution is 6.00. The topological polar surface area (TPSA) is 77.8 Å². The van der Waals surface area contributed by atoms with Crippen molar-refractivity contribution in [3.63, 3.8) is 0 Å². The zero-order chi connectivity index (χ0) is 21.5. The number of ether oxygens (including phenoxy) is 2. The molecule has 0 unspecified atom stereocenters. The van der Waals surface area contributed by atoms with Crippen molar-refractivity contribution in [2.45, 2.75) is 45.3 Å². The Balaban J connectivity index is 1.44. The summed E-state index contributed by atoms with van der Waals surface area (Å²) in [7, 11) is 1.57. The first-order valence-electron chi connectivity index (χ1n) is 10.2. The van der Waals surface area contributed by atoms with E-state index in [0.29, 0.717) is 49.4 Å². The zero-order valence-electron chi connectivity index (χ0n) is 17.6. The molecule has 0 atom stereocenters. The number of amides is 1. The number of methoxy groups -OCH3 is 1. The molecule has 1 saturated heterocycles. The van der Waals surface area contributed by atoms with E-state index in [1.54, 1.807) is 37.4 Å². The molecule has 2 aliphatic rings. The Hall–Kier alpha value is -3.09. The minimum atomic E-state index is -0.557. The maximum Gasteiger partial charge on any atom is 0.242 e. The third-order valence-electron chi connectivity index (χ3n) is 6.17. The van der Waals surface area contributed by atoms with Crippen LogP contribution in [0, 0.1) is 13.8 Å². The van der Waals surface area contributed by atoms with Gasteiger partial charge in [0.15, 0.2) is 11.2 Å². The lowest BCUT2D eigenvalue weighted by Crippen LogP contribution is -2.52. The molecule has 158 valence electrons. The smallest absolute Gasteiger partial charge is 0.242 e. The van der Waals surface area contributed by atoms with E-state index in [-0.39, 0.29) is 23.7 Å². The van der Waals surface area contributed by atoms with Crippen LogP contribution < -0.4 is 14.9 Å². The fraction of sp³-hybridized carbons (Fsp3) is 0.435. The molecule has 0 aliphatic carbocycles. The fourth-order valence-electron chi connectivity index (χ4n) is 4.41. The van der Waals surface area contributed by atoms with Gasteiger partial charge in [0.25, 0.3) is 0 Å². The van der Waals surface area contributed by atoms with Crippen LogP contribution in [-0.2, 0) is 11.3 Å². The highest BCUT2D eigenvalue weighted by Crippen LogP contribution is 2.40. The minimum absolute atomic E-state index is 0.00646. The zero-order valence-corrected chi connectivity index (χ0v) is 17.6. The summed E-state index contributed by atoms with van der Waals surface area (Å²) in [5, 5.41) is 0. The normalized spacial score (nSPS) is 17.4. The van der Waals surface area contributed by atoms with Crippen molar-refractivity contribution in [2.24, 2.45) is 0 Å². The van der Waals surface area contributed by atoms with E-state index in [9.17, 15) is 14.4 Å². The Morgan fingerprint density at radius 2 is 1.77 bits per heavy atom. The molecule has 1 spiro atoms. The van der Waals surface area contributed by atoms with Crippen molar-refractivity contribution in [2.75, 3.05) is 20.2 Å². The fourth-order valence-corrected chi connectivity index (χ4v) is 4.41. The van der Waals surface area contributed by atoms with Crippen LogP contribution in [0.4, 0.5) is 0 Å². The van der Waals surface area contributed by atoms with Crippen LogP contribution in [0.2, 0.25) is 0 Å². The number of ketones is 1. The SMILES string of the molecule is COc1ccc2c(c1)C(=O)CC1(CCN(C(=O)Cn3c(C)cc(=O)cc3C)CC1)O2. The summed E-state index contributed by atoms with van der Waals surface area (Å²) < 4.78 is 13.3. The Labute approximate surface area is 175 Å². The summed E-state index contributed by atoms with van der Waals surface area (Å²) in [6, 6.07) is 8.38. The summed E-state index contributed by atoms with van der Waals surface area (Å²) in [6.07, 6.45) is 1.53. The second-order valence-corrected chi connectivity index (χ2v) is 8.19. The quantitative estimate of drug-likeness (QED) is 0.777. The first-order valence-corrected chi connectivity index (χ1v) is 10.2. The molecule has 30 heavy (non-hydrogen) atoms. The number of hydrogen-bond donors (Lipinski definition) is 0. The van der Waals surface area contributed by atoms with Crippen LogP contribution in [0.15, 0.2) is 35.1 Å². The number of fused-ring (bicyclic) bond motifs is 1. The van der Waals surface area contributed by atoms with Gasteiger partial charge in [0.2, 0.25) is 5.91 Å². The number of carbonyl (C=O) groups excluding carboxylic acids is 2. The number of carbonyl (C=O) groups is 2. The van der Waals surface area contributed by atoms with Crippen molar-refractivity contribution < 1.29 is 19.1 Å². The summed E-state index contributed by atoms with van der Waals surface area (Å²) in [6.45, 7) is 4.95. The standard InChI is InChI=1S/C23H26N2O5/c1-15-10-17(26)11-16(2)25(15)14-22(28)24-8-6-23(7-9-24)13-20(27)19-12-18(29-3)4-5-21(19)30-23/h4-5,10-12H,6-9,13-14H2,1-3H3. The minimum Gasteiger partial charge on any atom is -0.497 e. The van der Waals surface area contributed by atoms with E-state index in [4.69, 9.17) is 9.47 Å². The van der Waals surface area contributed by atoms with E-state index >= 15 is 0 Å². The summed E-state index contributed by atoms with van der Waals surface area (Å²) in [5.41, 5.74) is 1.50. The van der Waals surface area contributed by atoms with Gasteiger partial charge in [-0.2, -0.15) is 0 Å². The molecule has 0 saturated carbocycles. The molecule has 1 fully saturated rings. The van der Waals surface area contributed by atoms with Gasteiger partial charge in [0, 0.05) is 49.5 Å². The summed E-state index contributed by atoms with van der Waals surface area (Å²) >= 11 is 0. The average Bonchev–Trinajstić information content (AvgIpc) is 2.71. The van der Waals surface area contributed by atoms with E-state index in [1.807, 2.05) is 23.3 Å². The van der Waals surface area contributed by atoms with E-state index in [1.165, 1.54) is 0 Å². The van der Waals surface area contributed by atoms with E-state index in [2.05, 4.69) is 0 Å². The highest BCUT2D eigenvalue weighted by atomic mass is 16.5. The molecule has 7 nitrogen and oxygen atoms in total. The lowest BCUT2D eigenvalue weighted by atomic mass is 9.82. The number of pyridine rings is 1. The molecular formula is C23H26N2O5. The number of rotatable bonds is 3. The third-order valence-corrected chi connectivity index (χ3v) is 6.17. The molecule has 1 aromatic carbocycles. The average molecular weight is 410 g/mol. The predicted octanol–water partition coefficient (Wildman–Crippen LogP) is 2.50. The van der Waals surface area contributed by atoms with Crippen molar-refractivity contribution >= 4 is 11.7 Å². The van der Waals surface area contributed by atoms with Crippen LogP contribution >= 0.6 is 0 Å². The number of nitrogens with zero attached hydrogens (tertiary/aromatic N) is 2. The van der Waals surface area contributed by atoms with Crippen molar-refractivity contribution in [1.29, 1.82) is 0 Å². The molecule has 2 aromatic rings. The molecule has 1 aromatic heterocycles. The highest BCUT2D eigenvalue weighted by Gasteiger charge is 2.43.